The molecule has 1 aliphatic carbocycles. The van der Waals surface area contributed by atoms with E-state index < -0.39 is 6.17 Å². The van der Waals surface area contributed by atoms with Gasteiger partial charge in [-0.1, -0.05) is 32.4 Å². The van der Waals surface area contributed by atoms with Crippen molar-refractivity contribution >= 4 is 34.6 Å². The average Bonchev–Trinajstić information content (AvgIpc) is 2.69. The number of halogens is 2. The molecule has 0 aromatic carbocycles. The summed E-state index contributed by atoms with van der Waals surface area (Å²) in [6, 6.07) is 3.36. The molecule has 3 rings (SSSR count). The summed E-state index contributed by atoms with van der Waals surface area (Å²) in [6.45, 7) is 5.99. The Hall–Kier alpha value is -1.69. The Bertz CT molecular complexity index is 746. The molecule has 0 radical (unpaired) electrons. The Morgan fingerprint density at radius 3 is 2.70 bits per heavy atom. The molecule has 2 heterocycles. The lowest BCUT2D eigenvalue weighted by molar-refractivity contribution is -0.117. The minimum absolute atomic E-state index is 0.0501. The fraction of sp³-hybridized carbons (Fsp3) is 0.562. The van der Waals surface area contributed by atoms with Crippen molar-refractivity contribution < 1.29 is 9.18 Å². The molecule has 0 unspecified atom stereocenters. The highest BCUT2D eigenvalue weighted by atomic mass is 35.5. The SMILES string of the molecule is CC(C)(C)CC(=O)Nc1nc2ccc(Cl)nc2n1[C@H]1C[C@H](F)C1. The van der Waals surface area contributed by atoms with Gasteiger partial charge in [-0.05, 0) is 30.4 Å². The molecular formula is C16H20ClFN4O. The number of anilines is 1. The molecule has 2 aromatic rings. The van der Waals surface area contributed by atoms with Gasteiger partial charge in [0.05, 0.1) is 0 Å². The largest absolute Gasteiger partial charge is 0.296 e. The minimum Gasteiger partial charge on any atom is -0.296 e. The van der Waals surface area contributed by atoms with E-state index in [-0.39, 0.29) is 17.4 Å². The second kappa shape index (κ2) is 5.74. The zero-order valence-electron chi connectivity index (χ0n) is 13.4. The second-order valence-corrected chi connectivity index (χ2v) is 7.68. The number of imidazole rings is 1. The smallest absolute Gasteiger partial charge is 0.227 e. The topological polar surface area (TPSA) is 59.8 Å². The van der Waals surface area contributed by atoms with Crippen LogP contribution in [0.3, 0.4) is 0 Å². The van der Waals surface area contributed by atoms with Crippen molar-refractivity contribution in [2.75, 3.05) is 5.32 Å². The molecule has 0 saturated heterocycles. The summed E-state index contributed by atoms with van der Waals surface area (Å²) in [5, 5.41) is 3.20. The molecule has 7 heteroatoms. The number of fused-ring (bicyclic) bond motifs is 1. The normalized spacial score (nSPS) is 21.3. The van der Waals surface area contributed by atoms with Crippen LogP contribution in [0.15, 0.2) is 12.1 Å². The maximum Gasteiger partial charge on any atom is 0.227 e. The molecule has 1 amide bonds. The maximum atomic E-state index is 13.3. The van der Waals surface area contributed by atoms with Gasteiger partial charge in [0.2, 0.25) is 11.9 Å². The highest BCUT2D eigenvalue weighted by Gasteiger charge is 2.34. The monoisotopic (exact) mass is 338 g/mol. The van der Waals surface area contributed by atoms with E-state index in [0.29, 0.717) is 41.5 Å². The maximum absolute atomic E-state index is 13.3. The van der Waals surface area contributed by atoms with Crippen LogP contribution in [0.5, 0.6) is 0 Å². The molecule has 124 valence electrons. The molecular weight excluding hydrogens is 319 g/mol. The van der Waals surface area contributed by atoms with Crippen molar-refractivity contribution in [1.29, 1.82) is 0 Å². The lowest BCUT2D eigenvalue weighted by Gasteiger charge is -2.32. The first kappa shape index (κ1) is 16.2. The van der Waals surface area contributed by atoms with Crippen LogP contribution in [0.4, 0.5) is 10.3 Å². The molecule has 1 fully saturated rings. The Morgan fingerprint density at radius 2 is 2.09 bits per heavy atom. The first-order chi connectivity index (χ1) is 10.7. The van der Waals surface area contributed by atoms with Crippen LogP contribution in [0, 0.1) is 5.41 Å². The third-order valence-corrected chi connectivity index (χ3v) is 4.08. The quantitative estimate of drug-likeness (QED) is 0.856. The molecule has 1 aliphatic rings. The number of hydrogen-bond acceptors (Lipinski definition) is 3. The average molecular weight is 339 g/mol. The number of amides is 1. The fourth-order valence-electron chi connectivity index (χ4n) is 2.77. The number of hydrogen-bond donors (Lipinski definition) is 1. The lowest BCUT2D eigenvalue weighted by Crippen LogP contribution is -2.30. The van der Waals surface area contributed by atoms with Gasteiger partial charge in [-0.25, -0.2) is 14.4 Å². The molecule has 23 heavy (non-hydrogen) atoms. The van der Waals surface area contributed by atoms with Crippen LogP contribution >= 0.6 is 11.6 Å². The standard InChI is InChI=1S/C16H20ClFN4O/c1-16(2,3)8-13(23)21-15-19-11-4-5-12(17)20-14(11)22(15)10-6-9(18)7-10/h4-5,9-10H,6-8H2,1-3H3,(H,19,21,23)/t9-,10-. The summed E-state index contributed by atoms with van der Waals surface area (Å²) in [5.74, 6) is 0.303. The van der Waals surface area contributed by atoms with Crippen LogP contribution in [0.1, 0.15) is 46.1 Å². The van der Waals surface area contributed by atoms with Gasteiger partial charge in [0.25, 0.3) is 0 Å². The Balaban J connectivity index is 1.95. The molecule has 1 saturated carbocycles. The van der Waals surface area contributed by atoms with Crippen molar-refractivity contribution in [3.05, 3.63) is 17.3 Å². The van der Waals surface area contributed by atoms with E-state index in [2.05, 4.69) is 15.3 Å². The van der Waals surface area contributed by atoms with Crippen molar-refractivity contribution in [3.8, 4) is 0 Å². The van der Waals surface area contributed by atoms with Crippen LogP contribution in [0.2, 0.25) is 5.15 Å². The van der Waals surface area contributed by atoms with E-state index >= 15 is 0 Å². The highest BCUT2D eigenvalue weighted by molar-refractivity contribution is 6.29. The van der Waals surface area contributed by atoms with E-state index in [0.717, 1.165) is 0 Å². The summed E-state index contributed by atoms with van der Waals surface area (Å²) in [7, 11) is 0. The third-order valence-electron chi connectivity index (χ3n) is 3.87. The van der Waals surface area contributed by atoms with Gasteiger partial charge in [-0.15, -0.1) is 0 Å². The molecule has 0 spiro atoms. The van der Waals surface area contributed by atoms with Gasteiger partial charge in [-0.2, -0.15) is 0 Å². The predicted octanol–water partition coefficient (Wildman–Crippen LogP) is 4.13. The minimum atomic E-state index is -0.810. The third kappa shape index (κ3) is 3.47. The van der Waals surface area contributed by atoms with Gasteiger partial charge in [0, 0.05) is 12.5 Å². The highest BCUT2D eigenvalue weighted by Crippen LogP contribution is 2.39. The van der Waals surface area contributed by atoms with Crippen LogP contribution < -0.4 is 5.32 Å². The first-order valence-electron chi connectivity index (χ1n) is 7.71. The molecule has 0 bridgehead atoms. The molecule has 1 N–H and O–H groups in total. The zero-order chi connectivity index (χ0) is 16.8. The summed E-state index contributed by atoms with van der Waals surface area (Å²) >= 11 is 5.97. The summed E-state index contributed by atoms with van der Waals surface area (Å²) in [5.41, 5.74) is 1.10. The number of rotatable bonds is 3. The van der Waals surface area contributed by atoms with Crippen molar-refractivity contribution in [2.24, 2.45) is 5.41 Å². The summed E-state index contributed by atoms with van der Waals surface area (Å²) in [6.07, 6.45) is 0.374. The number of nitrogens with one attached hydrogen (secondary N) is 1. The van der Waals surface area contributed by atoms with E-state index in [1.807, 2.05) is 20.8 Å². The van der Waals surface area contributed by atoms with E-state index in [1.165, 1.54) is 0 Å². The second-order valence-electron chi connectivity index (χ2n) is 7.29. The van der Waals surface area contributed by atoms with Crippen molar-refractivity contribution in [1.82, 2.24) is 14.5 Å². The molecule has 2 aromatic heterocycles. The van der Waals surface area contributed by atoms with Gasteiger partial charge < -0.3 is 0 Å². The van der Waals surface area contributed by atoms with E-state index in [4.69, 9.17) is 11.6 Å². The first-order valence-corrected chi connectivity index (χ1v) is 8.09. The zero-order valence-corrected chi connectivity index (χ0v) is 14.2. The number of alkyl halides is 1. The van der Waals surface area contributed by atoms with Crippen molar-refractivity contribution in [3.63, 3.8) is 0 Å². The summed E-state index contributed by atoms with van der Waals surface area (Å²) < 4.78 is 15.1. The van der Waals surface area contributed by atoms with Gasteiger partial charge in [0.1, 0.15) is 16.8 Å². The molecule has 0 aliphatic heterocycles. The Kier molecular flexibility index (Phi) is 4.04. The van der Waals surface area contributed by atoms with E-state index in [1.54, 1.807) is 16.7 Å². The van der Waals surface area contributed by atoms with Crippen molar-refractivity contribution in [2.45, 2.75) is 52.2 Å². The Morgan fingerprint density at radius 1 is 1.39 bits per heavy atom. The van der Waals surface area contributed by atoms with Gasteiger partial charge in [-0.3, -0.25) is 14.7 Å². The van der Waals surface area contributed by atoms with Gasteiger partial charge >= 0.3 is 0 Å². The fourth-order valence-corrected chi connectivity index (χ4v) is 2.91. The number of carbonyl (C=O) groups is 1. The van der Waals surface area contributed by atoms with Crippen LogP contribution in [-0.4, -0.2) is 26.6 Å². The Labute approximate surface area is 139 Å². The predicted molar refractivity (Wildman–Crippen MR) is 88.4 cm³/mol. The molecule has 5 nitrogen and oxygen atoms in total. The summed E-state index contributed by atoms with van der Waals surface area (Å²) in [4.78, 5) is 21.0. The lowest BCUT2D eigenvalue weighted by atomic mass is 9.90. The number of pyridine rings is 1. The number of aromatic nitrogens is 3. The number of nitrogens with zero attached hydrogens (tertiary/aromatic N) is 3. The van der Waals surface area contributed by atoms with E-state index in [9.17, 15) is 9.18 Å². The number of carbonyl (C=O) groups excluding carboxylic acids is 1. The molecule has 0 atom stereocenters. The van der Waals surface area contributed by atoms with Crippen LogP contribution in [0.25, 0.3) is 11.2 Å². The van der Waals surface area contributed by atoms with Gasteiger partial charge in [0.15, 0.2) is 5.65 Å². The van der Waals surface area contributed by atoms with Crippen LogP contribution in [-0.2, 0) is 4.79 Å².